The van der Waals surface area contributed by atoms with Crippen LogP contribution in [-0.2, 0) is 17.5 Å². The number of nitrogens with zero attached hydrogens (tertiary/aromatic N) is 1. The number of pyridine rings is 1. The van der Waals surface area contributed by atoms with E-state index in [2.05, 4.69) is 10.3 Å². The molecule has 146 valence electrons. The number of alkyl halides is 3. The fourth-order valence-electron chi connectivity index (χ4n) is 2.18. The van der Waals surface area contributed by atoms with Crippen molar-refractivity contribution in [2.75, 3.05) is 14.2 Å². The van der Waals surface area contributed by atoms with Gasteiger partial charge in [0.05, 0.1) is 30.1 Å². The number of rotatable bonds is 7. The number of thioether (sulfide) groups is 1. The summed E-state index contributed by atoms with van der Waals surface area (Å²) in [6.07, 6.45) is -3.67. The molecule has 1 aromatic carbocycles. The molecule has 0 radical (unpaired) electrons. The SMILES string of the molecule is COc1ccc(CNC(=O)C(C)Sc2ccc(C(F)(F)F)cn2)cc1OC. The second-order valence-corrected chi connectivity index (χ2v) is 6.91. The molecule has 1 amide bonds. The minimum absolute atomic E-state index is 0.253. The first kappa shape index (κ1) is 20.9. The molecular formula is C18H19F3N2O3S. The minimum atomic E-state index is -4.43. The Morgan fingerprint density at radius 3 is 2.44 bits per heavy atom. The Morgan fingerprint density at radius 2 is 1.89 bits per heavy atom. The summed E-state index contributed by atoms with van der Waals surface area (Å²) in [6, 6.07) is 7.50. The van der Waals surface area contributed by atoms with Crippen LogP contribution in [0.5, 0.6) is 11.5 Å². The Morgan fingerprint density at radius 1 is 1.19 bits per heavy atom. The van der Waals surface area contributed by atoms with Crippen LogP contribution in [0.3, 0.4) is 0 Å². The molecule has 1 unspecified atom stereocenters. The second kappa shape index (κ2) is 8.98. The highest BCUT2D eigenvalue weighted by molar-refractivity contribution is 8.00. The molecule has 0 aliphatic heterocycles. The van der Waals surface area contributed by atoms with Crippen molar-refractivity contribution < 1.29 is 27.4 Å². The normalized spacial score (nSPS) is 12.4. The average molecular weight is 400 g/mol. The summed E-state index contributed by atoms with van der Waals surface area (Å²) < 4.78 is 48.0. The van der Waals surface area contributed by atoms with Gasteiger partial charge in [0.25, 0.3) is 0 Å². The third-order valence-electron chi connectivity index (χ3n) is 3.65. The first-order valence-corrected chi connectivity index (χ1v) is 8.81. The van der Waals surface area contributed by atoms with E-state index >= 15 is 0 Å². The lowest BCUT2D eigenvalue weighted by atomic mass is 10.2. The summed E-state index contributed by atoms with van der Waals surface area (Å²) in [5.41, 5.74) is 0.00302. The van der Waals surface area contributed by atoms with Crippen LogP contribution < -0.4 is 14.8 Å². The Hall–Kier alpha value is -2.42. The zero-order chi connectivity index (χ0) is 20.0. The van der Waals surface area contributed by atoms with Gasteiger partial charge in [-0.25, -0.2) is 4.98 Å². The van der Waals surface area contributed by atoms with E-state index in [1.54, 1.807) is 25.1 Å². The van der Waals surface area contributed by atoms with Gasteiger partial charge in [0.2, 0.25) is 5.91 Å². The average Bonchev–Trinajstić information content (AvgIpc) is 2.65. The largest absolute Gasteiger partial charge is 0.493 e. The van der Waals surface area contributed by atoms with E-state index in [-0.39, 0.29) is 12.5 Å². The third kappa shape index (κ3) is 5.78. The summed E-state index contributed by atoms with van der Waals surface area (Å²) >= 11 is 1.08. The topological polar surface area (TPSA) is 60.5 Å². The van der Waals surface area contributed by atoms with Crippen molar-refractivity contribution in [1.82, 2.24) is 10.3 Å². The third-order valence-corrected chi connectivity index (χ3v) is 4.70. The number of carbonyl (C=O) groups excluding carboxylic acids is 1. The van der Waals surface area contributed by atoms with E-state index in [0.29, 0.717) is 16.5 Å². The van der Waals surface area contributed by atoms with Crippen LogP contribution in [0, 0.1) is 0 Å². The zero-order valence-electron chi connectivity index (χ0n) is 15.0. The predicted octanol–water partition coefficient (Wildman–Crippen LogP) is 3.91. The van der Waals surface area contributed by atoms with Gasteiger partial charge in [0.1, 0.15) is 0 Å². The maximum Gasteiger partial charge on any atom is 0.417 e. The number of benzene rings is 1. The highest BCUT2D eigenvalue weighted by Gasteiger charge is 2.30. The number of methoxy groups -OCH3 is 2. The van der Waals surface area contributed by atoms with Crippen molar-refractivity contribution in [3.8, 4) is 11.5 Å². The Kier molecular flexibility index (Phi) is 6.95. The fourth-order valence-corrected chi connectivity index (χ4v) is 2.99. The van der Waals surface area contributed by atoms with Gasteiger partial charge in [0.15, 0.2) is 11.5 Å². The Bertz CT molecular complexity index is 782. The van der Waals surface area contributed by atoms with Crippen LogP contribution in [-0.4, -0.2) is 30.4 Å². The number of hydrogen-bond donors (Lipinski definition) is 1. The van der Waals surface area contributed by atoms with Crippen LogP contribution >= 0.6 is 11.8 Å². The Labute approximate surface area is 159 Å². The molecule has 0 aliphatic carbocycles. The van der Waals surface area contributed by atoms with Gasteiger partial charge in [0, 0.05) is 12.7 Å². The van der Waals surface area contributed by atoms with Gasteiger partial charge in [-0.3, -0.25) is 4.79 Å². The summed E-state index contributed by atoms with van der Waals surface area (Å²) in [5, 5.41) is 2.60. The molecule has 0 saturated carbocycles. The number of halogens is 3. The summed E-state index contributed by atoms with van der Waals surface area (Å²) in [7, 11) is 3.06. The number of carbonyl (C=O) groups is 1. The minimum Gasteiger partial charge on any atom is -0.493 e. The van der Waals surface area contributed by atoms with Crippen LogP contribution in [0.4, 0.5) is 13.2 Å². The molecule has 2 aromatic rings. The summed E-state index contributed by atoms with van der Waals surface area (Å²) in [6.45, 7) is 1.94. The van der Waals surface area contributed by atoms with Crippen molar-refractivity contribution >= 4 is 17.7 Å². The van der Waals surface area contributed by atoms with Crippen molar-refractivity contribution in [3.63, 3.8) is 0 Å². The van der Waals surface area contributed by atoms with E-state index in [1.807, 2.05) is 0 Å². The molecule has 0 aliphatic rings. The van der Waals surface area contributed by atoms with Gasteiger partial charge in [-0.05, 0) is 36.8 Å². The lowest BCUT2D eigenvalue weighted by Gasteiger charge is -2.13. The lowest BCUT2D eigenvalue weighted by molar-refractivity contribution is -0.137. The van der Waals surface area contributed by atoms with Gasteiger partial charge in [-0.15, -0.1) is 0 Å². The Balaban J connectivity index is 1.92. The molecule has 0 saturated heterocycles. The molecular weight excluding hydrogens is 381 g/mol. The molecule has 2 rings (SSSR count). The molecule has 1 N–H and O–H groups in total. The molecule has 0 bridgehead atoms. The number of hydrogen-bond acceptors (Lipinski definition) is 5. The molecule has 9 heteroatoms. The van der Waals surface area contributed by atoms with E-state index in [0.717, 1.165) is 29.6 Å². The van der Waals surface area contributed by atoms with Gasteiger partial charge >= 0.3 is 6.18 Å². The molecule has 1 aromatic heterocycles. The van der Waals surface area contributed by atoms with Gasteiger partial charge in [-0.1, -0.05) is 17.8 Å². The quantitative estimate of drug-likeness (QED) is 0.714. The standard InChI is InChI=1S/C18H19F3N2O3S/c1-11(27-16-7-5-13(10-22-16)18(19,20)21)17(24)23-9-12-4-6-14(25-2)15(8-12)26-3/h4-8,10-11H,9H2,1-3H3,(H,23,24). The molecule has 1 atom stereocenters. The van der Waals surface area contributed by atoms with Crippen LogP contribution in [0.1, 0.15) is 18.1 Å². The first-order valence-electron chi connectivity index (χ1n) is 7.93. The summed E-state index contributed by atoms with van der Waals surface area (Å²) in [4.78, 5) is 16.0. The van der Waals surface area contributed by atoms with E-state index in [1.165, 1.54) is 20.3 Å². The van der Waals surface area contributed by atoms with Gasteiger partial charge < -0.3 is 14.8 Å². The molecule has 0 spiro atoms. The van der Waals surface area contributed by atoms with Crippen molar-refractivity contribution in [2.24, 2.45) is 0 Å². The highest BCUT2D eigenvalue weighted by Crippen LogP contribution is 2.30. The van der Waals surface area contributed by atoms with Crippen LogP contribution in [0.15, 0.2) is 41.6 Å². The van der Waals surface area contributed by atoms with E-state index in [4.69, 9.17) is 9.47 Å². The van der Waals surface area contributed by atoms with Crippen LogP contribution in [0.25, 0.3) is 0 Å². The number of aromatic nitrogens is 1. The number of nitrogens with one attached hydrogen (secondary N) is 1. The lowest BCUT2D eigenvalue weighted by Crippen LogP contribution is -2.30. The van der Waals surface area contributed by atoms with Crippen molar-refractivity contribution in [3.05, 3.63) is 47.7 Å². The maximum absolute atomic E-state index is 12.5. The van der Waals surface area contributed by atoms with E-state index < -0.39 is 17.0 Å². The monoisotopic (exact) mass is 400 g/mol. The zero-order valence-corrected chi connectivity index (χ0v) is 15.8. The molecule has 5 nitrogen and oxygen atoms in total. The van der Waals surface area contributed by atoms with Crippen LogP contribution in [0.2, 0.25) is 0 Å². The molecule has 0 fully saturated rings. The van der Waals surface area contributed by atoms with Gasteiger partial charge in [-0.2, -0.15) is 13.2 Å². The maximum atomic E-state index is 12.5. The van der Waals surface area contributed by atoms with E-state index in [9.17, 15) is 18.0 Å². The van der Waals surface area contributed by atoms with Crippen molar-refractivity contribution in [2.45, 2.75) is 29.9 Å². The first-order chi connectivity index (χ1) is 12.7. The fraction of sp³-hybridized carbons (Fsp3) is 0.333. The highest BCUT2D eigenvalue weighted by atomic mass is 32.2. The number of ether oxygens (including phenoxy) is 2. The second-order valence-electron chi connectivity index (χ2n) is 5.55. The molecule has 1 heterocycles. The summed E-state index contributed by atoms with van der Waals surface area (Å²) in [5.74, 6) is 0.891. The van der Waals surface area contributed by atoms with Crippen molar-refractivity contribution in [1.29, 1.82) is 0 Å². The smallest absolute Gasteiger partial charge is 0.417 e. The molecule has 27 heavy (non-hydrogen) atoms. The predicted molar refractivity (Wildman–Crippen MR) is 96.0 cm³/mol. The number of amides is 1.